The molecule has 1 aromatic rings. The number of hydrogen-bond acceptors (Lipinski definition) is 3. The van der Waals surface area contributed by atoms with E-state index in [1.54, 1.807) is 7.11 Å². The predicted molar refractivity (Wildman–Crippen MR) is 65.2 cm³/mol. The Balaban J connectivity index is 2.22. The summed E-state index contributed by atoms with van der Waals surface area (Å²) >= 11 is 0. The van der Waals surface area contributed by atoms with E-state index in [1.165, 1.54) is 11.1 Å². The molecule has 0 saturated heterocycles. The van der Waals surface area contributed by atoms with Gasteiger partial charge in [-0.2, -0.15) is 0 Å². The fraction of sp³-hybridized carbons (Fsp3) is 0.429. The Bertz CT molecular complexity index is 501. The van der Waals surface area contributed by atoms with E-state index >= 15 is 0 Å². The van der Waals surface area contributed by atoms with Gasteiger partial charge in [0, 0.05) is 5.56 Å². The minimum atomic E-state index is -0.268. The molecule has 0 amide bonds. The maximum Gasteiger partial charge on any atom is 0.137 e. The van der Waals surface area contributed by atoms with Gasteiger partial charge in [0.1, 0.15) is 17.1 Å². The molecule has 0 unspecified atom stereocenters. The first-order valence-corrected chi connectivity index (χ1v) is 5.79. The van der Waals surface area contributed by atoms with Crippen molar-refractivity contribution in [2.75, 3.05) is 7.11 Å². The summed E-state index contributed by atoms with van der Waals surface area (Å²) < 4.78 is 17.0. The van der Waals surface area contributed by atoms with Crippen LogP contribution in [0.25, 0.3) is 6.08 Å². The molecule has 0 bridgehead atoms. The zero-order valence-electron chi connectivity index (χ0n) is 10.4. The highest BCUT2D eigenvalue weighted by atomic mass is 16.5. The lowest BCUT2D eigenvalue weighted by Crippen LogP contribution is -2.28. The molecular formula is C14H16O3. The fourth-order valence-electron chi connectivity index (χ4n) is 2.32. The Morgan fingerprint density at radius 1 is 1.29 bits per heavy atom. The van der Waals surface area contributed by atoms with Gasteiger partial charge in [0.2, 0.25) is 0 Å². The van der Waals surface area contributed by atoms with Gasteiger partial charge in [-0.05, 0) is 37.6 Å². The summed E-state index contributed by atoms with van der Waals surface area (Å²) in [6.07, 6.45) is 4.14. The standard InChI is InChI=1S/C14H16O3/c1-14(2)5-4-10-12(15-3)6-9-7-16-8-11(9)13(10)17-14/h4-6H,7-8H2,1-3H3. The highest BCUT2D eigenvalue weighted by molar-refractivity contribution is 5.71. The average Bonchev–Trinajstić information content (AvgIpc) is 2.74. The SMILES string of the molecule is COc1cc2c(c3c1C=CC(C)(C)O3)COC2. The van der Waals surface area contributed by atoms with E-state index in [2.05, 4.69) is 12.2 Å². The molecular weight excluding hydrogens is 216 g/mol. The second kappa shape index (κ2) is 3.50. The first-order chi connectivity index (χ1) is 8.11. The van der Waals surface area contributed by atoms with E-state index in [1.807, 2.05) is 19.9 Å². The van der Waals surface area contributed by atoms with E-state index in [0.717, 1.165) is 17.1 Å². The largest absolute Gasteiger partial charge is 0.496 e. The summed E-state index contributed by atoms with van der Waals surface area (Å²) in [6.45, 7) is 5.38. The number of hydrogen-bond donors (Lipinski definition) is 0. The van der Waals surface area contributed by atoms with Crippen molar-refractivity contribution < 1.29 is 14.2 Å². The van der Waals surface area contributed by atoms with Gasteiger partial charge in [-0.3, -0.25) is 0 Å². The van der Waals surface area contributed by atoms with Gasteiger partial charge in [0.05, 0.1) is 25.9 Å². The monoisotopic (exact) mass is 232 g/mol. The first kappa shape index (κ1) is 10.7. The molecule has 3 nitrogen and oxygen atoms in total. The highest BCUT2D eigenvalue weighted by Gasteiger charge is 2.29. The Hall–Kier alpha value is -1.48. The van der Waals surface area contributed by atoms with Gasteiger partial charge >= 0.3 is 0 Å². The van der Waals surface area contributed by atoms with Crippen LogP contribution in [0.2, 0.25) is 0 Å². The number of ether oxygens (including phenoxy) is 3. The van der Waals surface area contributed by atoms with Crippen molar-refractivity contribution in [1.29, 1.82) is 0 Å². The second-order valence-electron chi connectivity index (χ2n) is 4.99. The van der Waals surface area contributed by atoms with E-state index in [-0.39, 0.29) is 5.60 Å². The quantitative estimate of drug-likeness (QED) is 0.745. The smallest absolute Gasteiger partial charge is 0.137 e. The van der Waals surface area contributed by atoms with Crippen molar-refractivity contribution in [1.82, 2.24) is 0 Å². The molecule has 0 aliphatic carbocycles. The van der Waals surface area contributed by atoms with Gasteiger partial charge < -0.3 is 14.2 Å². The Morgan fingerprint density at radius 2 is 2.12 bits per heavy atom. The molecule has 0 radical (unpaired) electrons. The maximum absolute atomic E-state index is 6.06. The number of fused-ring (bicyclic) bond motifs is 3. The zero-order valence-corrected chi connectivity index (χ0v) is 10.4. The molecule has 0 aromatic heterocycles. The summed E-state index contributed by atoms with van der Waals surface area (Å²) in [5.41, 5.74) is 3.09. The van der Waals surface area contributed by atoms with Crippen molar-refractivity contribution in [2.24, 2.45) is 0 Å². The molecule has 0 atom stereocenters. The number of benzene rings is 1. The van der Waals surface area contributed by atoms with E-state index in [9.17, 15) is 0 Å². The minimum Gasteiger partial charge on any atom is -0.496 e. The molecule has 0 spiro atoms. The van der Waals surface area contributed by atoms with Gasteiger partial charge in [-0.15, -0.1) is 0 Å². The Morgan fingerprint density at radius 3 is 2.88 bits per heavy atom. The highest BCUT2D eigenvalue weighted by Crippen LogP contribution is 2.43. The number of rotatable bonds is 1. The van der Waals surface area contributed by atoms with Crippen LogP contribution in [-0.2, 0) is 18.0 Å². The summed E-state index contributed by atoms with van der Waals surface area (Å²) in [6, 6.07) is 2.05. The predicted octanol–water partition coefficient (Wildman–Crippen LogP) is 2.91. The van der Waals surface area contributed by atoms with Crippen LogP contribution in [0.1, 0.15) is 30.5 Å². The molecule has 2 aliphatic heterocycles. The molecule has 90 valence electrons. The molecule has 0 saturated carbocycles. The minimum absolute atomic E-state index is 0.268. The van der Waals surface area contributed by atoms with Gasteiger partial charge in [-0.1, -0.05) is 0 Å². The van der Waals surface area contributed by atoms with E-state index in [4.69, 9.17) is 14.2 Å². The summed E-state index contributed by atoms with van der Waals surface area (Å²) in [4.78, 5) is 0. The normalized spacial score (nSPS) is 19.5. The zero-order chi connectivity index (χ0) is 12.0. The van der Waals surface area contributed by atoms with E-state index < -0.39 is 0 Å². The van der Waals surface area contributed by atoms with Crippen LogP contribution in [0.4, 0.5) is 0 Å². The number of methoxy groups -OCH3 is 1. The van der Waals surface area contributed by atoms with Gasteiger partial charge in [0.25, 0.3) is 0 Å². The van der Waals surface area contributed by atoms with E-state index in [0.29, 0.717) is 13.2 Å². The molecule has 3 heteroatoms. The first-order valence-electron chi connectivity index (χ1n) is 5.79. The summed E-state index contributed by atoms with van der Waals surface area (Å²) in [5.74, 6) is 1.78. The van der Waals surface area contributed by atoms with Crippen LogP contribution in [0.3, 0.4) is 0 Å². The van der Waals surface area contributed by atoms with Crippen LogP contribution in [0, 0.1) is 0 Å². The van der Waals surface area contributed by atoms with Crippen LogP contribution < -0.4 is 9.47 Å². The third-order valence-electron chi connectivity index (χ3n) is 3.22. The van der Waals surface area contributed by atoms with Crippen molar-refractivity contribution in [2.45, 2.75) is 32.7 Å². The van der Waals surface area contributed by atoms with Crippen molar-refractivity contribution in [3.63, 3.8) is 0 Å². The third kappa shape index (κ3) is 1.62. The molecule has 2 aliphatic rings. The summed E-state index contributed by atoms with van der Waals surface area (Å²) in [5, 5.41) is 0. The lowest BCUT2D eigenvalue weighted by Gasteiger charge is -2.30. The molecule has 17 heavy (non-hydrogen) atoms. The van der Waals surface area contributed by atoms with Crippen LogP contribution in [-0.4, -0.2) is 12.7 Å². The second-order valence-corrected chi connectivity index (χ2v) is 4.99. The van der Waals surface area contributed by atoms with Crippen LogP contribution >= 0.6 is 0 Å². The lowest BCUT2D eigenvalue weighted by molar-refractivity contribution is 0.126. The average molecular weight is 232 g/mol. The Kier molecular flexibility index (Phi) is 2.20. The van der Waals surface area contributed by atoms with Crippen molar-refractivity contribution in [3.05, 3.63) is 28.8 Å². The molecule has 2 heterocycles. The third-order valence-corrected chi connectivity index (χ3v) is 3.22. The molecule has 0 N–H and O–H groups in total. The fourth-order valence-corrected chi connectivity index (χ4v) is 2.32. The molecule has 0 fully saturated rings. The van der Waals surface area contributed by atoms with Crippen molar-refractivity contribution in [3.8, 4) is 11.5 Å². The topological polar surface area (TPSA) is 27.7 Å². The maximum atomic E-state index is 6.06. The van der Waals surface area contributed by atoms with Gasteiger partial charge in [-0.25, -0.2) is 0 Å². The van der Waals surface area contributed by atoms with Crippen LogP contribution in [0.5, 0.6) is 11.5 Å². The molecule has 1 aromatic carbocycles. The Labute approximate surface area is 101 Å². The molecule has 3 rings (SSSR count). The van der Waals surface area contributed by atoms with Crippen LogP contribution in [0.15, 0.2) is 12.1 Å². The van der Waals surface area contributed by atoms with Crippen molar-refractivity contribution >= 4 is 6.08 Å². The lowest BCUT2D eigenvalue weighted by atomic mass is 9.97. The summed E-state index contributed by atoms with van der Waals surface area (Å²) in [7, 11) is 1.69. The van der Waals surface area contributed by atoms with Gasteiger partial charge in [0.15, 0.2) is 0 Å².